The van der Waals surface area contributed by atoms with Crippen molar-refractivity contribution in [1.82, 2.24) is 0 Å². The average Bonchev–Trinajstić information content (AvgIpc) is 1.56. The van der Waals surface area contributed by atoms with Crippen molar-refractivity contribution in [3.8, 4) is 22.3 Å². The highest BCUT2D eigenvalue weighted by Crippen LogP contribution is 2.60. The lowest BCUT2D eigenvalue weighted by Gasteiger charge is -2.47. The third kappa shape index (κ3) is 8.81. The minimum atomic E-state index is -0.860. The van der Waals surface area contributed by atoms with E-state index in [-0.39, 0.29) is 10.8 Å². The number of hydrogen-bond acceptors (Lipinski definition) is 3. The van der Waals surface area contributed by atoms with Crippen LogP contribution in [0, 0.1) is 83.1 Å². The number of hydrogen-bond donors (Lipinski definition) is 0. The Morgan fingerprint density at radius 3 is 1.37 bits per heavy atom. The van der Waals surface area contributed by atoms with E-state index in [0.717, 1.165) is 51.0 Å². The molecule has 3 heteroatoms. The van der Waals surface area contributed by atoms with E-state index in [1.54, 1.807) is 0 Å². The van der Waals surface area contributed by atoms with E-state index in [0.29, 0.717) is 0 Å². The molecule has 3 nitrogen and oxygen atoms in total. The second-order valence-electron chi connectivity index (χ2n) is 27.0. The number of aryl methyl sites for hydroxylation is 2. The molecule has 1 aliphatic heterocycles. The zero-order valence-corrected chi connectivity index (χ0v) is 55.5. The highest BCUT2D eigenvalue weighted by molar-refractivity contribution is 5.92. The van der Waals surface area contributed by atoms with Gasteiger partial charge in [-0.3, -0.25) is 0 Å². The lowest BCUT2D eigenvalue weighted by atomic mass is 9.62. The number of benzene rings is 10. The van der Waals surface area contributed by atoms with Crippen LogP contribution in [-0.2, 0) is 16.2 Å². The normalized spacial score (nSPS) is 15.7. The van der Waals surface area contributed by atoms with E-state index < -0.39 is 5.41 Å². The molecule has 1 heterocycles. The number of allylic oxidation sites excluding steroid dienone is 4. The molecule has 0 bridgehead atoms. The molecule has 0 fully saturated rings. The largest absolute Gasteiger partial charge is 0.310 e. The first-order chi connectivity index (χ1) is 42.5. The van der Waals surface area contributed by atoms with E-state index in [4.69, 9.17) is 6.58 Å². The van der Waals surface area contributed by atoms with Crippen LogP contribution in [0.1, 0.15) is 140 Å². The summed E-state index contributed by atoms with van der Waals surface area (Å²) < 4.78 is 0. The van der Waals surface area contributed by atoms with E-state index >= 15 is 0 Å². The molecule has 1 unspecified atom stereocenters. The first-order valence-electron chi connectivity index (χ1n) is 32.0. The summed E-state index contributed by atoms with van der Waals surface area (Å²) in [6, 6.07) is 67.0. The molecule has 1 atom stereocenters. The molecular weight excluding hydrogens is 1070 g/mol. The maximum absolute atomic E-state index is 5.34. The third-order valence-corrected chi connectivity index (χ3v) is 21.7. The molecular formula is C86H85N3. The Kier molecular flexibility index (Phi) is 14.2. The standard InChI is InChI=1S/C86H85N3/c1-19-65(87(82-60(11)56(7)54(5)57(8)61(82)12)68-43-45-72-70-26-20-22-28-74(70)84(15,16)77(72)49-68)40-35-53(4)86(76-30-24-25-31-80(76)89(67-38-32-51(2)33-39-67)81-47-34-52(3)48-79(81)86)64-36-41-66(42-37-64)88(83-62(13)58(9)55(6)59(10)63(83)14)69-44-46-73-71-27-21-23-29-75(71)85(17,18)78(73)50-69/h19-50H,4H2,1-3,5-18H3/b40-35-,65-19+. The number of anilines is 8. The Hall–Kier alpha value is -9.18. The molecule has 10 aromatic carbocycles. The number of fused-ring (bicyclic) bond motifs is 8. The van der Waals surface area contributed by atoms with Gasteiger partial charge < -0.3 is 14.7 Å². The number of nitrogens with zero attached hydrogens (tertiary/aromatic N) is 3. The van der Waals surface area contributed by atoms with Crippen molar-refractivity contribution >= 4 is 45.5 Å². The molecule has 0 radical (unpaired) electrons. The fourth-order valence-corrected chi connectivity index (χ4v) is 15.8. The van der Waals surface area contributed by atoms with Crippen LogP contribution >= 0.6 is 0 Å². The molecule has 13 rings (SSSR count). The van der Waals surface area contributed by atoms with Crippen molar-refractivity contribution in [2.24, 2.45) is 0 Å². The summed E-state index contributed by atoms with van der Waals surface area (Å²) in [5.74, 6) is 0. The molecule has 3 aliphatic rings. The lowest BCUT2D eigenvalue weighted by molar-refractivity contribution is 0.660. The minimum Gasteiger partial charge on any atom is -0.310 e. The van der Waals surface area contributed by atoms with Crippen molar-refractivity contribution in [3.05, 3.63) is 318 Å². The van der Waals surface area contributed by atoms with Gasteiger partial charge in [0.2, 0.25) is 0 Å². The number of para-hydroxylation sites is 1. The van der Waals surface area contributed by atoms with Gasteiger partial charge in [0.05, 0.1) is 28.2 Å². The minimum absolute atomic E-state index is 0.169. The molecule has 0 aromatic heterocycles. The fraction of sp³-hybridized carbons (Fsp3) is 0.233. The molecule has 89 heavy (non-hydrogen) atoms. The predicted octanol–water partition coefficient (Wildman–Crippen LogP) is 23.4. The van der Waals surface area contributed by atoms with Crippen LogP contribution in [0.25, 0.3) is 22.3 Å². The first-order valence-corrected chi connectivity index (χ1v) is 32.0. The quantitative estimate of drug-likeness (QED) is 0.120. The summed E-state index contributed by atoms with van der Waals surface area (Å²) in [6.45, 7) is 44.4. The van der Waals surface area contributed by atoms with Gasteiger partial charge in [0.25, 0.3) is 0 Å². The highest BCUT2D eigenvalue weighted by atomic mass is 15.2. The molecule has 0 saturated heterocycles. The molecule has 2 aliphatic carbocycles. The third-order valence-electron chi connectivity index (χ3n) is 21.7. The van der Waals surface area contributed by atoms with Crippen LogP contribution in [0.15, 0.2) is 212 Å². The Bertz CT molecular complexity index is 4590. The van der Waals surface area contributed by atoms with Gasteiger partial charge in [0.1, 0.15) is 0 Å². The van der Waals surface area contributed by atoms with Gasteiger partial charge >= 0.3 is 0 Å². The summed E-state index contributed by atoms with van der Waals surface area (Å²) >= 11 is 0. The van der Waals surface area contributed by atoms with Gasteiger partial charge in [-0.1, -0.05) is 173 Å². The van der Waals surface area contributed by atoms with Gasteiger partial charge in [-0.05, 0) is 279 Å². The smallest absolute Gasteiger partial charge is 0.0736 e. The zero-order chi connectivity index (χ0) is 62.9. The Labute approximate surface area is 531 Å². The van der Waals surface area contributed by atoms with Gasteiger partial charge in [-0.15, -0.1) is 0 Å². The fourth-order valence-electron chi connectivity index (χ4n) is 15.8. The van der Waals surface area contributed by atoms with Crippen LogP contribution < -0.4 is 14.7 Å². The molecule has 0 amide bonds. The number of rotatable bonds is 11. The Morgan fingerprint density at radius 1 is 0.382 bits per heavy atom. The summed E-state index contributed by atoms with van der Waals surface area (Å²) in [5.41, 5.74) is 39.8. The predicted molar refractivity (Wildman–Crippen MR) is 381 cm³/mol. The zero-order valence-electron chi connectivity index (χ0n) is 55.5. The van der Waals surface area contributed by atoms with Crippen molar-refractivity contribution in [3.63, 3.8) is 0 Å². The summed E-state index contributed by atoms with van der Waals surface area (Å²) in [6.07, 6.45) is 6.98. The van der Waals surface area contributed by atoms with Crippen LogP contribution in [-0.4, -0.2) is 0 Å². The lowest BCUT2D eigenvalue weighted by Crippen LogP contribution is -2.38. The van der Waals surface area contributed by atoms with Gasteiger partial charge in [-0.25, -0.2) is 0 Å². The van der Waals surface area contributed by atoms with E-state index in [1.165, 1.54) is 134 Å². The van der Waals surface area contributed by atoms with Gasteiger partial charge in [0, 0.05) is 39.3 Å². The van der Waals surface area contributed by atoms with Gasteiger partial charge in [-0.2, -0.15) is 0 Å². The van der Waals surface area contributed by atoms with Crippen LogP contribution in [0.4, 0.5) is 45.5 Å². The van der Waals surface area contributed by atoms with Crippen LogP contribution in [0.3, 0.4) is 0 Å². The molecule has 0 spiro atoms. The maximum Gasteiger partial charge on any atom is 0.0736 e. The summed E-state index contributed by atoms with van der Waals surface area (Å²) in [7, 11) is 0. The highest BCUT2D eigenvalue weighted by Gasteiger charge is 2.47. The molecule has 444 valence electrons. The maximum atomic E-state index is 5.34. The van der Waals surface area contributed by atoms with Crippen molar-refractivity contribution in [1.29, 1.82) is 0 Å². The Morgan fingerprint density at radius 2 is 0.820 bits per heavy atom. The van der Waals surface area contributed by atoms with E-state index in [1.807, 2.05) is 0 Å². The molecule has 0 saturated carbocycles. The van der Waals surface area contributed by atoms with E-state index in [9.17, 15) is 0 Å². The van der Waals surface area contributed by atoms with Crippen molar-refractivity contribution in [2.75, 3.05) is 14.7 Å². The van der Waals surface area contributed by atoms with Crippen LogP contribution in [0.5, 0.6) is 0 Å². The molecule has 0 N–H and O–H groups in total. The summed E-state index contributed by atoms with van der Waals surface area (Å²) in [5, 5.41) is 0. The Balaban J connectivity index is 1.03. The van der Waals surface area contributed by atoms with Crippen molar-refractivity contribution in [2.45, 2.75) is 134 Å². The first kappa shape index (κ1) is 58.8. The average molecular weight is 1160 g/mol. The van der Waals surface area contributed by atoms with Crippen molar-refractivity contribution < 1.29 is 0 Å². The SMILES string of the molecule is C=C(/C=C\C(=C/C)N(c1ccc2c(c1)C(C)(C)c1ccccc1-2)c1c(C)c(C)c(C)c(C)c1C)C1(c2ccc(N(c3ccc4c(c3)C(C)(C)c3ccccc3-4)c3c(C)c(C)c(C)c(C)c3C)cc2)c2ccccc2N(c2ccc(C)cc2)c2ccc(C)cc21. The second kappa shape index (κ2) is 21.6. The topological polar surface area (TPSA) is 9.72 Å². The second-order valence-corrected chi connectivity index (χ2v) is 27.0. The van der Waals surface area contributed by atoms with Gasteiger partial charge in [0.15, 0.2) is 0 Å². The van der Waals surface area contributed by atoms with E-state index in [2.05, 4.69) is 327 Å². The molecule has 10 aromatic rings. The monoisotopic (exact) mass is 1160 g/mol. The van der Waals surface area contributed by atoms with Crippen LogP contribution in [0.2, 0.25) is 0 Å². The summed E-state index contributed by atoms with van der Waals surface area (Å²) in [4.78, 5) is 7.55.